The molecule has 2 N–H and O–H groups in total. The van der Waals surface area contributed by atoms with Crippen LogP contribution < -0.4 is 10.6 Å². The Balaban J connectivity index is 1.75. The lowest BCUT2D eigenvalue weighted by molar-refractivity contribution is 0.107. The average Bonchev–Trinajstić information content (AvgIpc) is 2.73. The number of hydrogen-bond donors (Lipinski definition) is 2. The van der Waals surface area contributed by atoms with Crippen LogP contribution in [-0.4, -0.2) is 31.1 Å². The van der Waals surface area contributed by atoms with Crippen LogP contribution >= 0.6 is 11.8 Å². The Labute approximate surface area is 174 Å². The molecule has 0 aromatic heterocycles. The summed E-state index contributed by atoms with van der Waals surface area (Å²) in [5, 5.41) is 6.73. The van der Waals surface area contributed by atoms with Gasteiger partial charge >= 0.3 is 0 Å². The van der Waals surface area contributed by atoms with Gasteiger partial charge in [0.25, 0.3) is 0 Å². The van der Waals surface area contributed by atoms with Gasteiger partial charge in [0, 0.05) is 13.1 Å². The number of unbranched alkanes of at least 4 members (excludes halogenated alkanes) is 1. The first-order chi connectivity index (χ1) is 13.8. The van der Waals surface area contributed by atoms with Crippen molar-refractivity contribution in [3.63, 3.8) is 0 Å². The minimum absolute atomic E-state index is 0.624. The zero-order valence-corrected chi connectivity index (χ0v) is 17.9. The standard InChI is InChI=1S/C23H33N3OS/c1-3-24-23(25-15-7-8-16-28-2)26-17-20-11-13-22(14-12-20)19-27-18-21-9-5-4-6-10-21/h4-6,9-14H,3,7-8,15-19H2,1-2H3,(H2,24,25,26). The van der Waals surface area contributed by atoms with Gasteiger partial charge in [0.05, 0.1) is 19.8 Å². The SMILES string of the molecule is CCNC(=NCc1ccc(COCc2ccccc2)cc1)NCCCCSC. The topological polar surface area (TPSA) is 45.7 Å². The molecule has 0 saturated heterocycles. The Bertz CT molecular complexity index is 674. The van der Waals surface area contributed by atoms with Gasteiger partial charge in [0.15, 0.2) is 5.96 Å². The quantitative estimate of drug-likeness (QED) is 0.311. The summed E-state index contributed by atoms with van der Waals surface area (Å²) < 4.78 is 5.80. The lowest BCUT2D eigenvalue weighted by atomic mass is 10.1. The third kappa shape index (κ3) is 9.29. The monoisotopic (exact) mass is 399 g/mol. The molecule has 0 aliphatic heterocycles. The number of ether oxygens (including phenoxy) is 1. The zero-order valence-electron chi connectivity index (χ0n) is 17.1. The smallest absolute Gasteiger partial charge is 0.191 e. The highest BCUT2D eigenvalue weighted by atomic mass is 32.2. The van der Waals surface area contributed by atoms with Gasteiger partial charge in [-0.2, -0.15) is 11.8 Å². The number of rotatable bonds is 12. The summed E-state index contributed by atoms with van der Waals surface area (Å²) in [4.78, 5) is 4.69. The summed E-state index contributed by atoms with van der Waals surface area (Å²) in [6, 6.07) is 18.8. The van der Waals surface area contributed by atoms with Crippen LogP contribution in [0.15, 0.2) is 59.6 Å². The van der Waals surface area contributed by atoms with Gasteiger partial charge in [0.2, 0.25) is 0 Å². The molecule has 0 aliphatic rings. The number of guanidine groups is 1. The van der Waals surface area contributed by atoms with Crippen molar-refractivity contribution in [3.8, 4) is 0 Å². The lowest BCUT2D eigenvalue weighted by Crippen LogP contribution is -2.37. The number of nitrogens with zero attached hydrogens (tertiary/aromatic N) is 1. The van der Waals surface area contributed by atoms with E-state index in [0.29, 0.717) is 19.8 Å². The average molecular weight is 400 g/mol. The molecule has 0 aliphatic carbocycles. The molecule has 0 unspecified atom stereocenters. The molecule has 5 heteroatoms. The second-order valence-electron chi connectivity index (χ2n) is 6.62. The maximum absolute atomic E-state index is 5.80. The second-order valence-corrected chi connectivity index (χ2v) is 7.60. The third-order valence-corrected chi connectivity index (χ3v) is 4.93. The molecule has 2 rings (SSSR count). The van der Waals surface area contributed by atoms with E-state index in [1.54, 1.807) is 0 Å². The molecule has 0 radical (unpaired) electrons. The fourth-order valence-corrected chi connectivity index (χ4v) is 3.18. The number of hydrogen-bond acceptors (Lipinski definition) is 3. The molecule has 152 valence electrons. The van der Waals surface area contributed by atoms with Gasteiger partial charge in [-0.05, 0) is 48.5 Å². The van der Waals surface area contributed by atoms with Crippen molar-refractivity contribution in [1.29, 1.82) is 0 Å². The molecule has 28 heavy (non-hydrogen) atoms. The van der Waals surface area contributed by atoms with Crippen molar-refractivity contribution in [2.45, 2.75) is 39.5 Å². The molecule has 0 atom stereocenters. The van der Waals surface area contributed by atoms with Crippen molar-refractivity contribution in [1.82, 2.24) is 10.6 Å². The minimum atomic E-state index is 0.624. The van der Waals surface area contributed by atoms with E-state index < -0.39 is 0 Å². The van der Waals surface area contributed by atoms with E-state index in [-0.39, 0.29) is 0 Å². The first-order valence-electron chi connectivity index (χ1n) is 10.0. The molecule has 0 saturated carbocycles. The lowest BCUT2D eigenvalue weighted by Gasteiger charge is -2.11. The molecule has 0 heterocycles. The van der Waals surface area contributed by atoms with Crippen LogP contribution in [0.5, 0.6) is 0 Å². The third-order valence-electron chi connectivity index (χ3n) is 4.23. The van der Waals surface area contributed by atoms with Crippen LogP contribution in [0.25, 0.3) is 0 Å². The van der Waals surface area contributed by atoms with E-state index in [4.69, 9.17) is 9.73 Å². The van der Waals surface area contributed by atoms with E-state index >= 15 is 0 Å². The van der Waals surface area contributed by atoms with Gasteiger partial charge in [0.1, 0.15) is 0 Å². The maximum atomic E-state index is 5.80. The largest absolute Gasteiger partial charge is 0.372 e. The molecule has 0 bridgehead atoms. The van der Waals surface area contributed by atoms with Crippen molar-refractivity contribution < 1.29 is 4.74 Å². The Kier molecular flexibility index (Phi) is 11.2. The van der Waals surface area contributed by atoms with Crippen molar-refractivity contribution in [2.24, 2.45) is 4.99 Å². The van der Waals surface area contributed by atoms with Crippen molar-refractivity contribution in [3.05, 3.63) is 71.3 Å². The highest BCUT2D eigenvalue weighted by molar-refractivity contribution is 7.98. The van der Waals surface area contributed by atoms with Gasteiger partial charge in [-0.3, -0.25) is 0 Å². The summed E-state index contributed by atoms with van der Waals surface area (Å²) >= 11 is 1.90. The van der Waals surface area contributed by atoms with E-state index in [2.05, 4.69) is 60.2 Å². The fourth-order valence-electron chi connectivity index (χ4n) is 2.69. The van der Waals surface area contributed by atoms with Crippen molar-refractivity contribution in [2.75, 3.05) is 25.1 Å². The van der Waals surface area contributed by atoms with Crippen LogP contribution in [0.1, 0.15) is 36.5 Å². The first-order valence-corrected chi connectivity index (χ1v) is 11.4. The van der Waals surface area contributed by atoms with Crippen LogP contribution in [-0.2, 0) is 24.5 Å². The molecule has 4 nitrogen and oxygen atoms in total. The predicted molar refractivity (Wildman–Crippen MR) is 122 cm³/mol. The molecular weight excluding hydrogens is 366 g/mol. The van der Waals surface area contributed by atoms with Crippen LogP contribution in [0.4, 0.5) is 0 Å². The summed E-state index contributed by atoms with van der Waals surface area (Å²) in [6.07, 6.45) is 4.56. The number of benzene rings is 2. The van der Waals surface area contributed by atoms with Crippen LogP contribution in [0.2, 0.25) is 0 Å². The molecule has 2 aromatic carbocycles. The number of aliphatic imine (C=N–C) groups is 1. The predicted octanol–water partition coefficient (Wildman–Crippen LogP) is 4.60. The molecule has 0 spiro atoms. The normalized spacial score (nSPS) is 11.4. The van der Waals surface area contributed by atoms with E-state index in [9.17, 15) is 0 Å². The summed E-state index contributed by atoms with van der Waals surface area (Å²) in [5.74, 6) is 2.11. The molecule has 2 aromatic rings. The Morgan fingerprint density at radius 3 is 2.25 bits per heavy atom. The first kappa shape index (κ1) is 22.3. The highest BCUT2D eigenvalue weighted by Gasteiger charge is 1.99. The fraction of sp³-hybridized carbons (Fsp3) is 0.435. The summed E-state index contributed by atoms with van der Waals surface area (Å²) in [6.45, 7) is 5.86. The van der Waals surface area contributed by atoms with E-state index in [1.807, 2.05) is 30.0 Å². The molecule has 0 fully saturated rings. The van der Waals surface area contributed by atoms with Crippen LogP contribution in [0.3, 0.4) is 0 Å². The van der Waals surface area contributed by atoms with Crippen LogP contribution in [0, 0.1) is 0 Å². The van der Waals surface area contributed by atoms with Gasteiger partial charge in [-0.1, -0.05) is 54.6 Å². The Hall–Kier alpha value is -1.98. The van der Waals surface area contributed by atoms with Gasteiger partial charge < -0.3 is 15.4 Å². The van der Waals surface area contributed by atoms with E-state index in [1.165, 1.54) is 35.3 Å². The van der Waals surface area contributed by atoms with Gasteiger partial charge in [-0.15, -0.1) is 0 Å². The maximum Gasteiger partial charge on any atom is 0.191 e. The molecular formula is C23H33N3OS. The minimum Gasteiger partial charge on any atom is -0.372 e. The second kappa shape index (κ2) is 14.1. The van der Waals surface area contributed by atoms with E-state index in [0.717, 1.165) is 19.0 Å². The van der Waals surface area contributed by atoms with Gasteiger partial charge in [-0.25, -0.2) is 4.99 Å². The molecule has 0 amide bonds. The zero-order chi connectivity index (χ0) is 19.9. The number of thioether (sulfide) groups is 1. The van der Waals surface area contributed by atoms with Crippen molar-refractivity contribution >= 4 is 17.7 Å². The Morgan fingerprint density at radius 2 is 1.57 bits per heavy atom. The number of nitrogens with one attached hydrogen (secondary N) is 2. The summed E-state index contributed by atoms with van der Waals surface area (Å²) in [7, 11) is 0. The Morgan fingerprint density at radius 1 is 0.893 bits per heavy atom. The summed E-state index contributed by atoms with van der Waals surface area (Å²) in [5.41, 5.74) is 3.58. The highest BCUT2D eigenvalue weighted by Crippen LogP contribution is 2.09.